The molecule has 0 heterocycles. The number of carbonyl (C=O) groups is 1. The van der Waals surface area contributed by atoms with Gasteiger partial charge in [-0.25, -0.2) is 0 Å². The molecule has 0 bridgehead atoms. The third-order valence-corrected chi connectivity index (χ3v) is 4.69. The van der Waals surface area contributed by atoms with Gasteiger partial charge >= 0.3 is 0 Å². The number of thiocarbonyl (C=S) groups is 1. The van der Waals surface area contributed by atoms with Gasteiger partial charge in [-0.05, 0) is 43.1 Å². The van der Waals surface area contributed by atoms with Gasteiger partial charge in [0.1, 0.15) is 0 Å². The molecule has 1 amide bonds. The molecule has 0 atom stereocenters. The third kappa shape index (κ3) is 4.53. The van der Waals surface area contributed by atoms with Gasteiger partial charge in [0.05, 0.1) is 6.42 Å². The van der Waals surface area contributed by atoms with Crippen molar-refractivity contribution < 1.29 is 4.79 Å². The lowest BCUT2D eigenvalue weighted by atomic mass is 9.95. The van der Waals surface area contributed by atoms with E-state index in [0.29, 0.717) is 17.6 Å². The Kier molecular flexibility index (Phi) is 5.74. The predicted molar refractivity (Wildman–Crippen MR) is 90.3 cm³/mol. The molecule has 4 heteroatoms. The van der Waals surface area contributed by atoms with Crippen molar-refractivity contribution in [3.63, 3.8) is 0 Å². The average molecular weight is 304 g/mol. The number of rotatable bonds is 3. The molecule has 1 aromatic carbocycles. The Hall–Kier alpha value is -1.42. The molecule has 0 spiro atoms. The van der Waals surface area contributed by atoms with E-state index in [-0.39, 0.29) is 5.91 Å². The van der Waals surface area contributed by atoms with E-state index >= 15 is 0 Å². The van der Waals surface area contributed by atoms with Gasteiger partial charge in [-0.3, -0.25) is 4.79 Å². The minimum atomic E-state index is -0.0306. The van der Waals surface area contributed by atoms with Crippen LogP contribution >= 0.6 is 12.2 Å². The highest BCUT2D eigenvalue weighted by molar-refractivity contribution is 7.80. The van der Waals surface area contributed by atoms with Crippen molar-refractivity contribution in [2.45, 2.75) is 51.5 Å². The molecular formula is C17H24N2OS. The van der Waals surface area contributed by atoms with Crippen molar-refractivity contribution in [1.29, 1.82) is 0 Å². The van der Waals surface area contributed by atoms with Crippen LogP contribution < -0.4 is 5.32 Å². The van der Waals surface area contributed by atoms with E-state index < -0.39 is 0 Å². The molecule has 0 radical (unpaired) electrons. The molecular weight excluding hydrogens is 280 g/mol. The van der Waals surface area contributed by atoms with Crippen LogP contribution in [0.4, 0.5) is 0 Å². The summed E-state index contributed by atoms with van der Waals surface area (Å²) in [6.07, 6.45) is 6.56. The lowest BCUT2D eigenvalue weighted by Crippen LogP contribution is -2.46. The van der Waals surface area contributed by atoms with Crippen LogP contribution in [0.5, 0.6) is 0 Å². The number of nitrogens with zero attached hydrogens (tertiary/aromatic N) is 1. The van der Waals surface area contributed by atoms with Crippen molar-refractivity contribution >= 4 is 23.2 Å². The Balaban J connectivity index is 1.87. The lowest BCUT2D eigenvalue weighted by Gasteiger charge is -2.32. The van der Waals surface area contributed by atoms with Crippen LogP contribution in [-0.2, 0) is 11.2 Å². The molecule has 0 unspecified atom stereocenters. The molecule has 0 aromatic heterocycles. The summed E-state index contributed by atoms with van der Waals surface area (Å²) < 4.78 is 0. The van der Waals surface area contributed by atoms with Crippen molar-refractivity contribution in [3.05, 3.63) is 35.4 Å². The van der Waals surface area contributed by atoms with E-state index in [1.165, 1.54) is 32.1 Å². The zero-order chi connectivity index (χ0) is 15.2. The summed E-state index contributed by atoms with van der Waals surface area (Å²) in [5.41, 5.74) is 2.19. The number of hydrogen-bond donors (Lipinski definition) is 1. The first-order valence-electron chi connectivity index (χ1n) is 7.69. The predicted octanol–water partition coefficient (Wildman–Crippen LogP) is 3.20. The quantitative estimate of drug-likeness (QED) is 0.870. The summed E-state index contributed by atoms with van der Waals surface area (Å²) in [6, 6.07) is 8.43. The highest BCUT2D eigenvalue weighted by Gasteiger charge is 2.21. The van der Waals surface area contributed by atoms with Gasteiger partial charge in [-0.1, -0.05) is 43.5 Å². The molecule has 1 saturated carbocycles. The van der Waals surface area contributed by atoms with E-state index in [4.69, 9.17) is 12.2 Å². The van der Waals surface area contributed by atoms with Gasteiger partial charge < -0.3 is 10.2 Å². The fourth-order valence-electron chi connectivity index (χ4n) is 2.87. The molecule has 1 aliphatic rings. The van der Waals surface area contributed by atoms with Crippen LogP contribution in [-0.4, -0.2) is 29.0 Å². The number of carbonyl (C=O) groups excluding carboxylic acids is 1. The second kappa shape index (κ2) is 7.55. The first-order valence-corrected chi connectivity index (χ1v) is 8.10. The van der Waals surface area contributed by atoms with Gasteiger partial charge in [-0.2, -0.15) is 0 Å². The van der Waals surface area contributed by atoms with Crippen LogP contribution in [0.1, 0.15) is 43.2 Å². The van der Waals surface area contributed by atoms with E-state index in [0.717, 1.165) is 11.1 Å². The molecule has 0 saturated heterocycles. The van der Waals surface area contributed by atoms with Crippen LogP contribution in [0.15, 0.2) is 24.3 Å². The number of aryl methyl sites for hydroxylation is 1. The van der Waals surface area contributed by atoms with E-state index in [1.807, 2.05) is 38.2 Å². The molecule has 2 rings (SSSR count). The van der Waals surface area contributed by atoms with Crippen molar-refractivity contribution in [2.24, 2.45) is 0 Å². The molecule has 1 aromatic rings. The number of benzene rings is 1. The molecule has 114 valence electrons. The van der Waals surface area contributed by atoms with Crippen LogP contribution in [0.2, 0.25) is 0 Å². The average Bonchev–Trinajstić information content (AvgIpc) is 2.49. The maximum atomic E-state index is 12.1. The summed E-state index contributed by atoms with van der Waals surface area (Å²) in [4.78, 5) is 14.2. The molecule has 1 aliphatic carbocycles. The minimum absolute atomic E-state index is 0.0306. The highest BCUT2D eigenvalue weighted by atomic mass is 32.1. The van der Waals surface area contributed by atoms with Crippen molar-refractivity contribution in [3.8, 4) is 0 Å². The molecule has 0 aliphatic heterocycles. The fraction of sp³-hybridized carbons (Fsp3) is 0.529. The zero-order valence-electron chi connectivity index (χ0n) is 12.9. The first kappa shape index (κ1) is 16.0. The maximum Gasteiger partial charge on any atom is 0.230 e. The van der Waals surface area contributed by atoms with Gasteiger partial charge in [0.25, 0.3) is 0 Å². The van der Waals surface area contributed by atoms with Gasteiger partial charge in [0.15, 0.2) is 5.11 Å². The zero-order valence-corrected chi connectivity index (χ0v) is 13.7. The van der Waals surface area contributed by atoms with Gasteiger partial charge in [-0.15, -0.1) is 0 Å². The Labute approximate surface area is 132 Å². The standard InChI is InChI=1S/C17H24N2OS/c1-13-8-6-7-9-14(13)12-16(20)18-17(21)19(2)15-10-4-3-5-11-15/h6-9,15H,3-5,10-12H2,1-2H3,(H,18,20,21). The highest BCUT2D eigenvalue weighted by Crippen LogP contribution is 2.21. The SMILES string of the molecule is Cc1ccccc1CC(=O)NC(=S)N(C)C1CCCCC1. The minimum Gasteiger partial charge on any atom is -0.349 e. The second-order valence-electron chi connectivity index (χ2n) is 5.86. The maximum absolute atomic E-state index is 12.1. The largest absolute Gasteiger partial charge is 0.349 e. The summed E-state index contributed by atoms with van der Waals surface area (Å²) >= 11 is 5.38. The molecule has 3 nitrogen and oxygen atoms in total. The second-order valence-corrected chi connectivity index (χ2v) is 6.25. The first-order chi connectivity index (χ1) is 10.1. The Morgan fingerprint density at radius 1 is 1.29 bits per heavy atom. The van der Waals surface area contributed by atoms with Gasteiger partial charge in [0, 0.05) is 13.1 Å². The summed E-state index contributed by atoms with van der Waals surface area (Å²) in [5, 5.41) is 3.43. The van der Waals surface area contributed by atoms with Crippen LogP contribution in [0.3, 0.4) is 0 Å². The molecule has 21 heavy (non-hydrogen) atoms. The lowest BCUT2D eigenvalue weighted by molar-refractivity contribution is -0.119. The summed E-state index contributed by atoms with van der Waals surface area (Å²) in [6.45, 7) is 2.02. The van der Waals surface area contributed by atoms with E-state index in [1.54, 1.807) is 0 Å². The summed E-state index contributed by atoms with van der Waals surface area (Å²) in [7, 11) is 1.99. The normalized spacial score (nSPS) is 15.5. The fourth-order valence-corrected chi connectivity index (χ4v) is 3.13. The van der Waals surface area contributed by atoms with Crippen LogP contribution in [0, 0.1) is 6.92 Å². The Morgan fingerprint density at radius 2 is 1.95 bits per heavy atom. The number of nitrogens with one attached hydrogen (secondary N) is 1. The Morgan fingerprint density at radius 3 is 2.62 bits per heavy atom. The van der Waals surface area contributed by atoms with Crippen molar-refractivity contribution in [1.82, 2.24) is 10.2 Å². The van der Waals surface area contributed by atoms with Crippen molar-refractivity contribution in [2.75, 3.05) is 7.05 Å². The topological polar surface area (TPSA) is 32.3 Å². The van der Waals surface area contributed by atoms with E-state index in [2.05, 4.69) is 10.2 Å². The number of amides is 1. The Bertz CT molecular complexity index is 509. The van der Waals surface area contributed by atoms with Gasteiger partial charge in [0.2, 0.25) is 5.91 Å². The smallest absolute Gasteiger partial charge is 0.230 e. The summed E-state index contributed by atoms with van der Waals surface area (Å²) in [5.74, 6) is -0.0306. The number of hydrogen-bond acceptors (Lipinski definition) is 2. The third-order valence-electron chi connectivity index (χ3n) is 4.30. The molecule has 1 fully saturated rings. The van der Waals surface area contributed by atoms with E-state index in [9.17, 15) is 4.79 Å². The molecule has 1 N–H and O–H groups in total. The monoisotopic (exact) mass is 304 g/mol. The van der Waals surface area contributed by atoms with Crippen LogP contribution in [0.25, 0.3) is 0 Å².